The van der Waals surface area contributed by atoms with Crippen LogP contribution < -0.4 is 10.6 Å². The van der Waals surface area contributed by atoms with Crippen molar-refractivity contribution in [1.29, 1.82) is 0 Å². The van der Waals surface area contributed by atoms with Crippen molar-refractivity contribution in [3.63, 3.8) is 0 Å². The summed E-state index contributed by atoms with van der Waals surface area (Å²) in [5.41, 5.74) is 0. The van der Waals surface area contributed by atoms with Gasteiger partial charge in [-0.25, -0.2) is 0 Å². The van der Waals surface area contributed by atoms with Crippen LogP contribution in [-0.2, 0) is 9.53 Å². The Morgan fingerprint density at radius 1 is 1.32 bits per heavy atom. The molecule has 4 heteroatoms. The summed E-state index contributed by atoms with van der Waals surface area (Å²) < 4.78 is 4.96. The number of hydrogen-bond acceptors (Lipinski definition) is 3. The van der Waals surface area contributed by atoms with E-state index in [9.17, 15) is 4.79 Å². The number of rotatable bonds is 7. The minimum Gasteiger partial charge on any atom is -0.385 e. The molecule has 1 saturated carbocycles. The summed E-state index contributed by atoms with van der Waals surface area (Å²) in [6.07, 6.45) is 7.15. The highest BCUT2D eigenvalue weighted by Gasteiger charge is 2.20. The van der Waals surface area contributed by atoms with Gasteiger partial charge in [0.25, 0.3) is 0 Å². The summed E-state index contributed by atoms with van der Waals surface area (Å²) in [6, 6.07) is 0.408. The van der Waals surface area contributed by atoms with Crippen molar-refractivity contribution in [2.75, 3.05) is 20.3 Å². The predicted octanol–water partition coefficient (Wildman–Crippen LogP) is 2.09. The van der Waals surface area contributed by atoms with E-state index in [1.807, 2.05) is 6.92 Å². The molecule has 3 atom stereocenters. The third-order valence-electron chi connectivity index (χ3n) is 3.96. The van der Waals surface area contributed by atoms with Crippen molar-refractivity contribution in [2.24, 2.45) is 5.92 Å². The second kappa shape index (κ2) is 9.32. The Morgan fingerprint density at radius 2 is 2.11 bits per heavy atom. The molecule has 0 aromatic carbocycles. The van der Waals surface area contributed by atoms with Crippen molar-refractivity contribution in [3.05, 3.63) is 0 Å². The van der Waals surface area contributed by atoms with Gasteiger partial charge in [0.2, 0.25) is 5.91 Å². The number of ether oxygens (including phenoxy) is 1. The lowest BCUT2D eigenvalue weighted by Gasteiger charge is -2.21. The molecule has 0 aromatic rings. The average Bonchev–Trinajstić information content (AvgIpc) is 2.59. The molecule has 3 unspecified atom stereocenters. The van der Waals surface area contributed by atoms with Crippen LogP contribution in [0.1, 0.15) is 52.4 Å². The summed E-state index contributed by atoms with van der Waals surface area (Å²) in [7, 11) is 1.68. The van der Waals surface area contributed by atoms with Crippen LogP contribution >= 0.6 is 0 Å². The molecule has 0 spiro atoms. The third-order valence-corrected chi connectivity index (χ3v) is 3.96. The Kier molecular flexibility index (Phi) is 8.07. The Hall–Kier alpha value is -0.610. The van der Waals surface area contributed by atoms with Gasteiger partial charge in [0.1, 0.15) is 0 Å². The van der Waals surface area contributed by atoms with Crippen LogP contribution in [0, 0.1) is 5.92 Å². The van der Waals surface area contributed by atoms with Crippen LogP contribution in [-0.4, -0.2) is 38.3 Å². The molecule has 1 aliphatic carbocycles. The van der Waals surface area contributed by atoms with Gasteiger partial charge >= 0.3 is 0 Å². The zero-order valence-corrected chi connectivity index (χ0v) is 12.7. The number of hydrogen-bond donors (Lipinski definition) is 2. The molecule has 0 aromatic heterocycles. The second-order valence-corrected chi connectivity index (χ2v) is 5.84. The van der Waals surface area contributed by atoms with Crippen LogP contribution in [0.5, 0.6) is 0 Å². The Bertz CT molecular complexity index is 259. The molecule has 19 heavy (non-hydrogen) atoms. The van der Waals surface area contributed by atoms with Gasteiger partial charge in [-0.1, -0.05) is 19.8 Å². The Morgan fingerprint density at radius 3 is 2.84 bits per heavy atom. The lowest BCUT2D eigenvalue weighted by molar-refractivity contribution is -0.123. The highest BCUT2D eigenvalue weighted by Crippen LogP contribution is 2.22. The molecule has 112 valence electrons. The van der Waals surface area contributed by atoms with Crippen molar-refractivity contribution in [1.82, 2.24) is 10.6 Å². The van der Waals surface area contributed by atoms with E-state index in [0.29, 0.717) is 19.2 Å². The van der Waals surface area contributed by atoms with Crippen LogP contribution in [0.2, 0.25) is 0 Å². The standard InChI is InChI=1S/C15H30N2O2/c1-12-6-4-7-14(9-8-12)17-13(2)15(18)16-10-5-11-19-3/h12-14,17H,4-11H2,1-3H3,(H,16,18). The summed E-state index contributed by atoms with van der Waals surface area (Å²) in [6.45, 7) is 5.68. The number of carbonyl (C=O) groups is 1. The molecule has 1 aliphatic rings. The van der Waals surface area contributed by atoms with Gasteiger partial charge in [-0.3, -0.25) is 4.79 Å². The van der Waals surface area contributed by atoms with Crippen LogP contribution in [0.15, 0.2) is 0 Å². The molecule has 4 nitrogen and oxygen atoms in total. The number of amides is 1. The predicted molar refractivity (Wildman–Crippen MR) is 78.1 cm³/mol. The molecule has 1 rings (SSSR count). The first-order valence-electron chi connectivity index (χ1n) is 7.66. The highest BCUT2D eigenvalue weighted by atomic mass is 16.5. The Balaban J connectivity index is 2.21. The van der Waals surface area contributed by atoms with Crippen LogP contribution in [0.4, 0.5) is 0 Å². The van der Waals surface area contributed by atoms with Gasteiger partial charge in [-0.2, -0.15) is 0 Å². The van der Waals surface area contributed by atoms with E-state index in [1.54, 1.807) is 7.11 Å². The average molecular weight is 270 g/mol. The number of methoxy groups -OCH3 is 1. The first-order valence-corrected chi connectivity index (χ1v) is 7.66. The molecule has 2 N–H and O–H groups in total. The van der Waals surface area contributed by atoms with E-state index in [4.69, 9.17) is 4.74 Å². The summed E-state index contributed by atoms with van der Waals surface area (Å²) >= 11 is 0. The third kappa shape index (κ3) is 6.92. The van der Waals surface area contributed by atoms with Crippen LogP contribution in [0.3, 0.4) is 0 Å². The summed E-state index contributed by atoms with van der Waals surface area (Å²) in [4.78, 5) is 11.9. The zero-order chi connectivity index (χ0) is 14.1. The van der Waals surface area contributed by atoms with E-state index in [1.165, 1.54) is 32.1 Å². The van der Waals surface area contributed by atoms with Crippen molar-refractivity contribution in [3.8, 4) is 0 Å². The molecule has 0 heterocycles. The zero-order valence-electron chi connectivity index (χ0n) is 12.7. The van der Waals surface area contributed by atoms with E-state index in [2.05, 4.69) is 17.6 Å². The fourth-order valence-electron chi connectivity index (χ4n) is 2.66. The van der Waals surface area contributed by atoms with Gasteiger partial charge in [-0.05, 0) is 38.5 Å². The van der Waals surface area contributed by atoms with Crippen molar-refractivity contribution in [2.45, 2.75) is 64.5 Å². The lowest BCUT2D eigenvalue weighted by atomic mass is 10.0. The SMILES string of the molecule is COCCCNC(=O)C(C)NC1CCCC(C)CC1. The van der Waals surface area contributed by atoms with Crippen molar-refractivity contribution >= 4 is 5.91 Å². The lowest BCUT2D eigenvalue weighted by Crippen LogP contribution is -2.46. The number of nitrogens with one attached hydrogen (secondary N) is 2. The quantitative estimate of drug-likeness (QED) is 0.550. The molecular formula is C15H30N2O2. The maximum absolute atomic E-state index is 11.9. The first kappa shape index (κ1) is 16.4. The normalized spacial score (nSPS) is 25.6. The molecule has 0 aliphatic heterocycles. The van der Waals surface area contributed by atoms with E-state index < -0.39 is 0 Å². The van der Waals surface area contributed by atoms with E-state index in [0.717, 1.165) is 12.3 Å². The monoisotopic (exact) mass is 270 g/mol. The molecule has 0 radical (unpaired) electrons. The van der Waals surface area contributed by atoms with Gasteiger partial charge in [0.15, 0.2) is 0 Å². The highest BCUT2D eigenvalue weighted by molar-refractivity contribution is 5.81. The summed E-state index contributed by atoms with van der Waals surface area (Å²) in [5.74, 6) is 0.943. The smallest absolute Gasteiger partial charge is 0.236 e. The van der Waals surface area contributed by atoms with E-state index in [-0.39, 0.29) is 11.9 Å². The molecular weight excluding hydrogens is 240 g/mol. The van der Waals surface area contributed by atoms with Gasteiger partial charge < -0.3 is 15.4 Å². The number of carbonyl (C=O) groups excluding carboxylic acids is 1. The fourth-order valence-corrected chi connectivity index (χ4v) is 2.66. The molecule has 0 saturated heterocycles. The Labute approximate surface area is 117 Å². The minimum absolute atomic E-state index is 0.0963. The molecule has 1 fully saturated rings. The molecule has 1 amide bonds. The maximum Gasteiger partial charge on any atom is 0.236 e. The van der Waals surface area contributed by atoms with Crippen molar-refractivity contribution < 1.29 is 9.53 Å². The maximum atomic E-state index is 11.9. The minimum atomic E-state index is -0.0963. The molecule has 0 bridgehead atoms. The second-order valence-electron chi connectivity index (χ2n) is 5.84. The van der Waals surface area contributed by atoms with Gasteiger partial charge in [0, 0.05) is 26.3 Å². The van der Waals surface area contributed by atoms with Gasteiger partial charge in [-0.15, -0.1) is 0 Å². The first-order chi connectivity index (χ1) is 9.13. The van der Waals surface area contributed by atoms with Gasteiger partial charge in [0.05, 0.1) is 6.04 Å². The van der Waals surface area contributed by atoms with E-state index >= 15 is 0 Å². The fraction of sp³-hybridized carbons (Fsp3) is 0.933. The topological polar surface area (TPSA) is 50.4 Å². The summed E-state index contributed by atoms with van der Waals surface area (Å²) in [5, 5.41) is 6.43. The van der Waals surface area contributed by atoms with Crippen LogP contribution in [0.25, 0.3) is 0 Å². The largest absolute Gasteiger partial charge is 0.385 e.